The molecule has 31 valence electrons. The molecule has 0 aliphatic carbocycles. The Hall–Kier alpha value is 2.13. The van der Waals surface area contributed by atoms with Crippen LogP contribution in [-0.4, -0.2) is 49.5 Å². The van der Waals surface area contributed by atoms with Gasteiger partial charge < -0.3 is 0 Å². The van der Waals surface area contributed by atoms with E-state index in [0.717, 1.165) is 6.72 Å². The van der Waals surface area contributed by atoms with Crippen molar-refractivity contribution in [3.8, 4) is 0 Å². The fraction of sp³-hybridized carbons (Fsp3) is 1.00. The van der Waals surface area contributed by atoms with E-state index in [2.05, 4.69) is 6.92 Å². The van der Waals surface area contributed by atoms with Crippen molar-refractivity contribution in [2.24, 2.45) is 0 Å². The Morgan fingerprint density at radius 1 is 1.67 bits per heavy atom. The quantitative estimate of drug-likeness (QED) is 0.529. The van der Waals surface area contributed by atoms with Crippen LogP contribution in [0.4, 0.5) is 0 Å². The van der Waals surface area contributed by atoms with Crippen molar-refractivity contribution in [3.05, 3.63) is 0 Å². The van der Waals surface area contributed by atoms with E-state index >= 15 is 0 Å². The molecule has 0 unspecified atom stereocenters. The first kappa shape index (κ1) is 8.13. The minimum atomic E-state index is 0.907. The predicted octanol–water partition coefficient (Wildman–Crippen LogP) is 0.992. The summed E-state index contributed by atoms with van der Waals surface area (Å²) < 4.78 is 0. The Kier molecular flexibility index (Phi) is 9.66. The van der Waals surface area contributed by atoms with Crippen LogP contribution in [-0.2, 0) is 0 Å². The van der Waals surface area contributed by atoms with E-state index in [1.807, 2.05) is 0 Å². The van der Waals surface area contributed by atoms with Crippen LogP contribution in [0.5, 0.6) is 0 Å². The van der Waals surface area contributed by atoms with E-state index in [1.165, 1.54) is 55.6 Å². The van der Waals surface area contributed by atoms with Crippen LogP contribution in [0.25, 0.3) is 0 Å². The summed E-state index contributed by atoms with van der Waals surface area (Å²) in [5.41, 5.74) is 0. The summed E-state index contributed by atoms with van der Waals surface area (Å²) in [7, 11) is 0. The van der Waals surface area contributed by atoms with Gasteiger partial charge in [0.05, 0.1) is 0 Å². The van der Waals surface area contributed by atoms with Gasteiger partial charge in [0.15, 0.2) is 0 Å². The van der Waals surface area contributed by atoms with E-state index < -0.39 is 0 Å². The predicted molar refractivity (Wildman–Crippen MR) is 31.2 cm³/mol. The Balaban J connectivity index is 2.34. The van der Waals surface area contributed by atoms with Crippen LogP contribution in [0.1, 0.15) is 19.8 Å². The molecule has 0 N–H and O–H groups in total. The molecule has 0 saturated heterocycles. The van der Waals surface area contributed by atoms with Crippen molar-refractivity contribution >= 4 is 49.5 Å². The molecular weight excluding hydrogens is 260 g/mol. The SMILES string of the molecule is CCCC[As][Ba+]. The number of rotatable bonds is 3. The van der Waals surface area contributed by atoms with Crippen LogP contribution in [0, 0.1) is 0 Å². The zero-order valence-corrected chi connectivity index (χ0v) is 10.6. The van der Waals surface area contributed by atoms with E-state index in [9.17, 15) is 0 Å². The normalized spacial score (nSPS) is 11.2. The van der Waals surface area contributed by atoms with Gasteiger partial charge in [0.25, 0.3) is 0 Å². The van der Waals surface area contributed by atoms with Gasteiger partial charge >= 0.3 is 74.4 Å². The molecule has 6 heavy (non-hydrogen) atoms. The Morgan fingerprint density at radius 2 is 2.33 bits per heavy atom. The maximum absolute atomic E-state index is 2.27. The van der Waals surface area contributed by atoms with Crippen molar-refractivity contribution in [3.63, 3.8) is 0 Å². The number of hydrogen-bond acceptors (Lipinski definition) is 0. The Labute approximate surface area is 72.8 Å². The second kappa shape index (κ2) is 7.13. The van der Waals surface area contributed by atoms with E-state index in [4.69, 9.17) is 0 Å². The molecule has 0 aliphatic rings. The van der Waals surface area contributed by atoms with Gasteiger partial charge in [-0.15, -0.1) is 0 Å². The van der Waals surface area contributed by atoms with Gasteiger partial charge in [0.2, 0.25) is 0 Å². The van der Waals surface area contributed by atoms with Crippen molar-refractivity contribution in [2.75, 3.05) is 0 Å². The molecule has 0 atom stereocenters. The first-order valence-corrected chi connectivity index (χ1v) is 15.3. The Morgan fingerprint density at radius 3 is 2.50 bits per heavy atom. The van der Waals surface area contributed by atoms with Crippen LogP contribution in [0.2, 0.25) is 5.21 Å². The standard InChI is InChI=1S/C4H9As.Ba/c1-2-3-4-5;/h2-4H2,1H3;/q;+1. The molecule has 0 nitrogen and oxygen atoms in total. The summed E-state index contributed by atoms with van der Waals surface area (Å²) in [6, 6.07) is 0. The molecule has 0 rings (SSSR count). The molecule has 0 aromatic carbocycles. The van der Waals surface area contributed by atoms with E-state index in [0.29, 0.717) is 0 Å². The number of unbranched alkanes of at least 4 members (excludes halogenated alkanes) is 1. The van der Waals surface area contributed by atoms with Crippen LogP contribution in [0.3, 0.4) is 0 Å². The molecule has 0 aromatic heterocycles. The van der Waals surface area contributed by atoms with E-state index in [-0.39, 0.29) is 0 Å². The molecule has 0 bridgehead atoms. The Bertz CT molecular complexity index is 19.5. The van der Waals surface area contributed by atoms with Gasteiger partial charge in [-0.2, -0.15) is 0 Å². The molecule has 0 saturated carbocycles. The van der Waals surface area contributed by atoms with Gasteiger partial charge in [-0.25, -0.2) is 0 Å². The summed E-state index contributed by atoms with van der Waals surface area (Å²) in [5, 5.41) is 1.59. The zero-order chi connectivity index (χ0) is 4.83. The molecule has 0 amide bonds. The third-order valence-corrected chi connectivity index (χ3v) is 7.16. The van der Waals surface area contributed by atoms with Gasteiger partial charge in [0.1, 0.15) is 0 Å². The first-order valence-electron chi connectivity index (χ1n) is 2.34. The fourth-order valence-electron chi connectivity index (χ4n) is 0.270. The summed E-state index contributed by atoms with van der Waals surface area (Å²) in [4.78, 5) is 0. The summed E-state index contributed by atoms with van der Waals surface area (Å²) in [5.74, 6) is 0. The molecule has 2 heteroatoms. The molecular formula is C4H9AsBa+. The molecule has 0 spiro atoms. The fourth-order valence-corrected chi connectivity index (χ4v) is 5.05. The van der Waals surface area contributed by atoms with Gasteiger partial charge in [0, 0.05) is 0 Å². The molecule has 1 radical (unpaired) electrons. The molecule has 0 heterocycles. The van der Waals surface area contributed by atoms with Gasteiger partial charge in [-0.05, 0) is 0 Å². The summed E-state index contributed by atoms with van der Waals surface area (Å²) >= 11 is 1.17. The van der Waals surface area contributed by atoms with Crippen molar-refractivity contribution in [1.29, 1.82) is 0 Å². The molecule has 0 aliphatic heterocycles. The van der Waals surface area contributed by atoms with Gasteiger partial charge in [-0.3, -0.25) is 0 Å². The van der Waals surface area contributed by atoms with Crippen LogP contribution < -0.4 is 0 Å². The molecule has 0 fully saturated rings. The van der Waals surface area contributed by atoms with Crippen molar-refractivity contribution in [1.82, 2.24) is 0 Å². The zero-order valence-electron chi connectivity index (χ0n) is 4.28. The maximum atomic E-state index is 2.27. The third-order valence-electron chi connectivity index (χ3n) is 0.670. The van der Waals surface area contributed by atoms with Crippen molar-refractivity contribution in [2.45, 2.75) is 25.0 Å². The number of hydrogen-bond donors (Lipinski definition) is 0. The minimum absolute atomic E-state index is 0.907. The average molecular weight is 269 g/mol. The topological polar surface area (TPSA) is 0 Å². The van der Waals surface area contributed by atoms with Crippen LogP contribution >= 0.6 is 0 Å². The van der Waals surface area contributed by atoms with Crippen LogP contribution in [0.15, 0.2) is 0 Å². The monoisotopic (exact) mass is 270 g/mol. The van der Waals surface area contributed by atoms with E-state index in [1.54, 1.807) is 5.21 Å². The third kappa shape index (κ3) is 6.13. The average Bonchev–Trinajstić information content (AvgIpc) is 1.61. The first-order chi connectivity index (χ1) is 2.91. The van der Waals surface area contributed by atoms with Gasteiger partial charge in [-0.1, -0.05) is 0 Å². The summed E-state index contributed by atoms with van der Waals surface area (Å²) in [6.07, 6.45) is 2.91. The second-order valence-corrected chi connectivity index (χ2v) is 10.5. The molecule has 0 aromatic rings. The summed E-state index contributed by atoms with van der Waals surface area (Å²) in [6.45, 7) is 3.18. The second-order valence-electron chi connectivity index (χ2n) is 1.30. The van der Waals surface area contributed by atoms with Crippen molar-refractivity contribution < 1.29 is 0 Å².